The Labute approximate surface area is 180 Å². The van der Waals surface area contributed by atoms with E-state index in [2.05, 4.69) is 5.32 Å². The molecule has 160 valence electrons. The molecule has 7 heteroatoms. The lowest BCUT2D eigenvalue weighted by Gasteiger charge is -2.27. The first-order chi connectivity index (χ1) is 15.1. The molecule has 31 heavy (non-hydrogen) atoms. The van der Waals surface area contributed by atoms with Crippen molar-refractivity contribution < 1.29 is 19.1 Å². The molecule has 1 aromatic heterocycles. The smallest absolute Gasteiger partial charge is 0.296 e. The molecule has 3 aromatic rings. The van der Waals surface area contributed by atoms with Crippen molar-refractivity contribution in [3.63, 3.8) is 0 Å². The third-order valence-corrected chi connectivity index (χ3v) is 5.61. The van der Waals surface area contributed by atoms with E-state index in [1.165, 1.54) is 7.11 Å². The average Bonchev–Trinajstić information content (AvgIpc) is 3.17. The Balaban J connectivity index is 1.59. The summed E-state index contributed by atoms with van der Waals surface area (Å²) in [6.45, 7) is 1.68. The predicted molar refractivity (Wildman–Crippen MR) is 118 cm³/mol. The molecule has 2 heterocycles. The largest absolute Gasteiger partial charge is 0.495 e. The van der Waals surface area contributed by atoms with Crippen LogP contribution in [-0.2, 0) is 16.1 Å². The molecule has 0 bridgehead atoms. The lowest BCUT2D eigenvalue weighted by Crippen LogP contribution is -2.37. The fourth-order valence-corrected chi connectivity index (χ4v) is 4.00. The van der Waals surface area contributed by atoms with Gasteiger partial charge in [0.1, 0.15) is 12.3 Å². The van der Waals surface area contributed by atoms with Crippen LogP contribution in [0.25, 0.3) is 10.9 Å². The molecule has 1 saturated heterocycles. The van der Waals surface area contributed by atoms with Crippen LogP contribution in [0, 0.1) is 0 Å². The number of fused-ring (bicyclic) bond motifs is 1. The van der Waals surface area contributed by atoms with E-state index in [9.17, 15) is 14.4 Å². The van der Waals surface area contributed by atoms with E-state index < -0.39 is 11.7 Å². The molecule has 2 aromatic carbocycles. The van der Waals surface area contributed by atoms with Gasteiger partial charge in [0.2, 0.25) is 5.91 Å². The van der Waals surface area contributed by atoms with E-state index in [1.807, 2.05) is 23.1 Å². The molecular formula is C24H25N3O4. The number of likely N-dealkylation sites (tertiary alicyclic amines) is 1. The van der Waals surface area contributed by atoms with E-state index in [-0.39, 0.29) is 18.0 Å². The molecule has 0 spiro atoms. The van der Waals surface area contributed by atoms with Crippen molar-refractivity contribution in [3.05, 3.63) is 60.3 Å². The zero-order chi connectivity index (χ0) is 21.8. The fourth-order valence-electron chi connectivity index (χ4n) is 4.00. The number of ether oxygens (including phenoxy) is 1. The standard InChI is InChI=1S/C24H25N3O4/c1-31-21-12-6-4-10-19(21)25-24(30)23(29)18-15-27(20-11-5-3-9-17(18)20)16-22(28)26-13-7-2-8-14-26/h3-6,9-12,15H,2,7-8,13-14,16H2,1H3,(H,25,30). The number of carbonyl (C=O) groups is 3. The summed E-state index contributed by atoms with van der Waals surface area (Å²) in [5.74, 6) is -0.919. The van der Waals surface area contributed by atoms with Crippen LogP contribution in [0.15, 0.2) is 54.7 Å². The van der Waals surface area contributed by atoms with Crippen LogP contribution in [0.5, 0.6) is 5.75 Å². The molecule has 1 fully saturated rings. The molecule has 4 rings (SSSR count). The molecule has 0 radical (unpaired) electrons. The number of rotatable bonds is 6. The van der Waals surface area contributed by atoms with Gasteiger partial charge in [-0.05, 0) is 37.5 Å². The Morgan fingerprint density at radius 2 is 1.68 bits per heavy atom. The Hall–Kier alpha value is -3.61. The highest BCUT2D eigenvalue weighted by molar-refractivity contribution is 6.48. The first-order valence-electron chi connectivity index (χ1n) is 10.4. The van der Waals surface area contributed by atoms with Gasteiger partial charge in [0.15, 0.2) is 0 Å². The summed E-state index contributed by atoms with van der Waals surface area (Å²) < 4.78 is 6.99. The van der Waals surface area contributed by atoms with Gasteiger partial charge < -0.3 is 19.5 Å². The van der Waals surface area contributed by atoms with Crippen molar-refractivity contribution in [1.82, 2.24) is 9.47 Å². The third-order valence-electron chi connectivity index (χ3n) is 5.61. The maximum atomic E-state index is 13.0. The summed E-state index contributed by atoms with van der Waals surface area (Å²) in [5, 5.41) is 3.28. The van der Waals surface area contributed by atoms with E-state index in [1.54, 1.807) is 41.1 Å². The topological polar surface area (TPSA) is 80.6 Å². The Morgan fingerprint density at radius 1 is 0.968 bits per heavy atom. The van der Waals surface area contributed by atoms with Gasteiger partial charge >= 0.3 is 0 Å². The summed E-state index contributed by atoms with van der Waals surface area (Å²) in [4.78, 5) is 40.3. The Morgan fingerprint density at radius 3 is 2.45 bits per heavy atom. The number of hydrogen-bond acceptors (Lipinski definition) is 4. The summed E-state index contributed by atoms with van der Waals surface area (Å²) in [7, 11) is 1.50. The van der Waals surface area contributed by atoms with E-state index in [0.717, 1.165) is 37.9 Å². The summed E-state index contributed by atoms with van der Waals surface area (Å²) >= 11 is 0. The number of aromatic nitrogens is 1. The second-order valence-electron chi connectivity index (χ2n) is 7.61. The number of carbonyl (C=O) groups excluding carboxylic acids is 3. The van der Waals surface area contributed by atoms with Gasteiger partial charge in [-0.15, -0.1) is 0 Å². The zero-order valence-corrected chi connectivity index (χ0v) is 17.5. The first-order valence-corrected chi connectivity index (χ1v) is 10.4. The minimum absolute atomic E-state index is 0.0259. The summed E-state index contributed by atoms with van der Waals surface area (Å²) in [6, 6.07) is 14.2. The van der Waals surface area contributed by atoms with Gasteiger partial charge in [-0.1, -0.05) is 30.3 Å². The molecule has 2 amide bonds. The highest BCUT2D eigenvalue weighted by Crippen LogP contribution is 2.25. The number of piperidine rings is 1. The molecule has 0 saturated carbocycles. The van der Waals surface area contributed by atoms with Gasteiger partial charge in [-0.3, -0.25) is 14.4 Å². The Bertz CT molecular complexity index is 1130. The summed E-state index contributed by atoms with van der Waals surface area (Å²) in [5.41, 5.74) is 1.45. The van der Waals surface area contributed by atoms with Crippen molar-refractivity contribution >= 4 is 34.2 Å². The van der Waals surface area contributed by atoms with Crippen molar-refractivity contribution in [2.45, 2.75) is 25.8 Å². The monoisotopic (exact) mass is 419 g/mol. The van der Waals surface area contributed by atoms with Crippen LogP contribution in [-0.4, -0.2) is 47.3 Å². The van der Waals surface area contributed by atoms with Gasteiger partial charge in [-0.25, -0.2) is 0 Å². The van der Waals surface area contributed by atoms with E-state index >= 15 is 0 Å². The van der Waals surface area contributed by atoms with Gasteiger partial charge in [-0.2, -0.15) is 0 Å². The lowest BCUT2D eigenvalue weighted by atomic mass is 10.1. The number of amides is 2. The molecule has 0 unspecified atom stereocenters. The number of para-hydroxylation sites is 3. The van der Waals surface area contributed by atoms with Crippen LogP contribution in [0.3, 0.4) is 0 Å². The van der Waals surface area contributed by atoms with Gasteiger partial charge in [0.25, 0.3) is 11.7 Å². The Kier molecular flexibility index (Phi) is 6.02. The number of hydrogen-bond donors (Lipinski definition) is 1. The van der Waals surface area contributed by atoms with Crippen molar-refractivity contribution in [1.29, 1.82) is 0 Å². The van der Waals surface area contributed by atoms with Crippen molar-refractivity contribution in [3.8, 4) is 5.75 Å². The normalized spacial score (nSPS) is 13.8. The third kappa shape index (κ3) is 4.30. The number of nitrogens with one attached hydrogen (secondary N) is 1. The number of anilines is 1. The maximum Gasteiger partial charge on any atom is 0.296 e. The van der Waals surface area contributed by atoms with Gasteiger partial charge in [0.05, 0.1) is 18.4 Å². The molecule has 1 N–H and O–H groups in total. The molecule has 0 atom stereocenters. The highest BCUT2D eigenvalue weighted by Gasteiger charge is 2.24. The van der Waals surface area contributed by atoms with Crippen LogP contribution in [0.1, 0.15) is 29.6 Å². The molecule has 1 aliphatic heterocycles. The highest BCUT2D eigenvalue weighted by atomic mass is 16.5. The lowest BCUT2D eigenvalue weighted by molar-refractivity contribution is -0.132. The van der Waals surface area contributed by atoms with E-state index in [0.29, 0.717) is 16.8 Å². The van der Waals surface area contributed by atoms with Crippen LogP contribution < -0.4 is 10.1 Å². The van der Waals surface area contributed by atoms with Crippen molar-refractivity contribution in [2.75, 3.05) is 25.5 Å². The number of methoxy groups -OCH3 is 1. The average molecular weight is 419 g/mol. The zero-order valence-electron chi connectivity index (χ0n) is 17.5. The minimum atomic E-state index is -0.755. The second kappa shape index (κ2) is 9.04. The second-order valence-corrected chi connectivity index (χ2v) is 7.61. The molecule has 0 aliphatic carbocycles. The molecular weight excluding hydrogens is 394 g/mol. The van der Waals surface area contributed by atoms with E-state index in [4.69, 9.17) is 4.74 Å². The number of nitrogens with zero attached hydrogens (tertiary/aromatic N) is 2. The SMILES string of the molecule is COc1ccccc1NC(=O)C(=O)c1cn(CC(=O)N2CCCCC2)c2ccccc12. The summed E-state index contributed by atoms with van der Waals surface area (Å²) in [6.07, 6.45) is 4.79. The van der Waals surface area contributed by atoms with Crippen LogP contribution in [0.4, 0.5) is 5.69 Å². The van der Waals surface area contributed by atoms with Crippen LogP contribution >= 0.6 is 0 Å². The predicted octanol–water partition coefficient (Wildman–Crippen LogP) is 3.48. The van der Waals surface area contributed by atoms with Crippen LogP contribution in [0.2, 0.25) is 0 Å². The first kappa shape index (κ1) is 20.7. The fraction of sp³-hybridized carbons (Fsp3) is 0.292. The van der Waals surface area contributed by atoms with Gasteiger partial charge in [0, 0.05) is 30.2 Å². The number of benzene rings is 2. The molecule has 7 nitrogen and oxygen atoms in total. The quantitative estimate of drug-likeness (QED) is 0.490. The minimum Gasteiger partial charge on any atom is -0.495 e. The maximum absolute atomic E-state index is 13.0. The number of ketones is 1. The molecule has 1 aliphatic rings. The van der Waals surface area contributed by atoms with Crippen molar-refractivity contribution in [2.24, 2.45) is 0 Å². The number of Topliss-reactive ketones (excluding diaryl/α,β-unsaturated/α-hetero) is 1.